The predicted octanol–water partition coefficient (Wildman–Crippen LogP) is 2.76. The lowest BCUT2D eigenvalue weighted by Gasteiger charge is -2.24. The zero-order valence-corrected chi connectivity index (χ0v) is 11.2. The first-order valence-electron chi connectivity index (χ1n) is 5.29. The van der Waals surface area contributed by atoms with Crippen molar-refractivity contribution < 1.29 is 4.79 Å². The highest BCUT2D eigenvalue weighted by atomic mass is 79.9. The van der Waals surface area contributed by atoms with Crippen LogP contribution in [0, 0.1) is 5.41 Å². The number of hydrogen-bond donors (Lipinski definition) is 2. The minimum absolute atomic E-state index is 0.0279. The number of carbonyl (C=O) groups is 1. The molecular weight excluding hydrogens is 268 g/mol. The fourth-order valence-electron chi connectivity index (χ4n) is 1.21. The third-order valence-corrected chi connectivity index (χ3v) is 3.41. The molecule has 88 valence electrons. The SMILES string of the molecule is CCC(C)(CN)C(=O)Nc1ccc(Br)cc1. The van der Waals surface area contributed by atoms with Crippen LogP contribution in [-0.2, 0) is 4.79 Å². The summed E-state index contributed by atoms with van der Waals surface area (Å²) in [4.78, 5) is 12.0. The smallest absolute Gasteiger partial charge is 0.231 e. The van der Waals surface area contributed by atoms with E-state index in [1.807, 2.05) is 38.1 Å². The van der Waals surface area contributed by atoms with Gasteiger partial charge < -0.3 is 11.1 Å². The summed E-state index contributed by atoms with van der Waals surface area (Å²) in [6, 6.07) is 7.49. The maximum Gasteiger partial charge on any atom is 0.231 e. The number of anilines is 1. The molecule has 0 saturated carbocycles. The molecule has 0 heterocycles. The molecule has 4 heteroatoms. The summed E-state index contributed by atoms with van der Waals surface area (Å²) in [5, 5.41) is 2.87. The maximum atomic E-state index is 12.0. The van der Waals surface area contributed by atoms with Crippen LogP contribution < -0.4 is 11.1 Å². The van der Waals surface area contributed by atoms with Gasteiger partial charge in [-0.25, -0.2) is 0 Å². The average molecular weight is 285 g/mol. The van der Waals surface area contributed by atoms with Crippen LogP contribution in [0.15, 0.2) is 28.7 Å². The molecule has 0 bridgehead atoms. The molecule has 1 aromatic rings. The number of carbonyl (C=O) groups excluding carboxylic acids is 1. The van der Waals surface area contributed by atoms with Crippen molar-refractivity contribution in [1.29, 1.82) is 0 Å². The summed E-state index contributed by atoms with van der Waals surface area (Å²) in [7, 11) is 0. The van der Waals surface area contributed by atoms with E-state index in [1.54, 1.807) is 0 Å². The van der Waals surface area contributed by atoms with E-state index in [9.17, 15) is 4.79 Å². The largest absolute Gasteiger partial charge is 0.329 e. The Morgan fingerprint density at radius 1 is 1.44 bits per heavy atom. The summed E-state index contributed by atoms with van der Waals surface area (Å²) >= 11 is 3.35. The number of rotatable bonds is 4. The van der Waals surface area contributed by atoms with Crippen LogP contribution in [-0.4, -0.2) is 12.5 Å². The number of amides is 1. The fraction of sp³-hybridized carbons (Fsp3) is 0.417. The lowest BCUT2D eigenvalue weighted by Crippen LogP contribution is -2.39. The van der Waals surface area contributed by atoms with Crippen LogP contribution in [0.25, 0.3) is 0 Å². The van der Waals surface area contributed by atoms with Gasteiger partial charge in [-0.1, -0.05) is 22.9 Å². The molecular formula is C12H17BrN2O. The molecule has 0 radical (unpaired) electrons. The van der Waals surface area contributed by atoms with E-state index in [-0.39, 0.29) is 5.91 Å². The molecule has 0 spiro atoms. The lowest BCUT2D eigenvalue weighted by atomic mass is 9.86. The topological polar surface area (TPSA) is 55.1 Å². The summed E-state index contributed by atoms with van der Waals surface area (Å²) in [5.74, 6) is -0.0279. The summed E-state index contributed by atoms with van der Waals surface area (Å²) in [6.45, 7) is 4.20. The lowest BCUT2D eigenvalue weighted by molar-refractivity contribution is -0.124. The van der Waals surface area contributed by atoms with Crippen LogP contribution in [0.4, 0.5) is 5.69 Å². The molecule has 0 aliphatic rings. The Labute approximate surface area is 105 Å². The second-order valence-corrected chi connectivity index (χ2v) is 5.00. The Bertz CT molecular complexity index is 358. The first-order valence-corrected chi connectivity index (χ1v) is 6.08. The number of hydrogen-bond acceptors (Lipinski definition) is 2. The van der Waals surface area contributed by atoms with Gasteiger partial charge in [0.2, 0.25) is 5.91 Å². The van der Waals surface area contributed by atoms with Crippen molar-refractivity contribution in [2.75, 3.05) is 11.9 Å². The van der Waals surface area contributed by atoms with Crippen LogP contribution in [0.1, 0.15) is 20.3 Å². The van der Waals surface area contributed by atoms with Crippen LogP contribution in [0.5, 0.6) is 0 Å². The Hall–Kier alpha value is -0.870. The fourth-order valence-corrected chi connectivity index (χ4v) is 1.48. The number of nitrogens with two attached hydrogens (primary N) is 1. The monoisotopic (exact) mass is 284 g/mol. The van der Waals surface area contributed by atoms with Crippen molar-refractivity contribution in [1.82, 2.24) is 0 Å². The second-order valence-electron chi connectivity index (χ2n) is 4.08. The van der Waals surface area contributed by atoms with Crippen molar-refractivity contribution in [3.8, 4) is 0 Å². The molecule has 0 aromatic heterocycles. The quantitative estimate of drug-likeness (QED) is 0.893. The summed E-state index contributed by atoms with van der Waals surface area (Å²) < 4.78 is 0.988. The minimum Gasteiger partial charge on any atom is -0.329 e. The first kappa shape index (κ1) is 13.2. The molecule has 0 saturated heterocycles. The third-order valence-electron chi connectivity index (χ3n) is 2.88. The molecule has 1 amide bonds. The molecule has 3 N–H and O–H groups in total. The van der Waals surface area contributed by atoms with Gasteiger partial charge in [-0.15, -0.1) is 0 Å². The van der Waals surface area contributed by atoms with E-state index in [4.69, 9.17) is 5.73 Å². The molecule has 1 atom stereocenters. The van der Waals surface area contributed by atoms with Gasteiger partial charge in [-0.3, -0.25) is 4.79 Å². The summed E-state index contributed by atoms with van der Waals surface area (Å²) in [6.07, 6.45) is 0.728. The first-order chi connectivity index (χ1) is 7.51. The predicted molar refractivity (Wildman–Crippen MR) is 70.2 cm³/mol. The van der Waals surface area contributed by atoms with Crippen LogP contribution in [0.3, 0.4) is 0 Å². The van der Waals surface area contributed by atoms with E-state index in [2.05, 4.69) is 21.2 Å². The van der Waals surface area contributed by atoms with Gasteiger partial charge in [-0.2, -0.15) is 0 Å². The number of nitrogens with one attached hydrogen (secondary N) is 1. The average Bonchev–Trinajstić information content (AvgIpc) is 2.31. The van der Waals surface area contributed by atoms with Gasteiger partial charge in [0.15, 0.2) is 0 Å². The Morgan fingerprint density at radius 3 is 2.44 bits per heavy atom. The minimum atomic E-state index is -0.493. The zero-order valence-electron chi connectivity index (χ0n) is 9.59. The van der Waals surface area contributed by atoms with Crippen molar-refractivity contribution >= 4 is 27.5 Å². The number of benzene rings is 1. The zero-order chi connectivity index (χ0) is 12.2. The van der Waals surface area contributed by atoms with Gasteiger partial charge >= 0.3 is 0 Å². The van der Waals surface area contributed by atoms with E-state index in [0.29, 0.717) is 6.54 Å². The Balaban J connectivity index is 2.74. The highest BCUT2D eigenvalue weighted by molar-refractivity contribution is 9.10. The highest BCUT2D eigenvalue weighted by Gasteiger charge is 2.29. The van der Waals surface area contributed by atoms with Crippen molar-refractivity contribution in [2.45, 2.75) is 20.3 Å². The van der Waals surface area contributed by atoms with Gasteiger partial charge in [0, 0.05) is 16.7 Å². The van der Waals surface area contributed by atoms with E-state index >= 15 is 0 Å². The molecule has 1 unspecified atom stereocenters. The van der Waals surface area contributed by atoms with E-state index < -0.39 is 5.41 Å². The molecule has 3 nitrogen and oxygen atoms in total. The highest BCUT2D eigenvalue weighted by Crippen LogP contribution is 2.22. The van der Waals surface area contributed by atoms with Crippen LogP contribution >= 0.6 is 15.9 Å². The molecule has 1 rings (SSSR count). The van der Waals surface area contributed by atoms with Gasteiger partial charge in [0.1, 0.15) is 0 Å². The third kappa shape index (κ3) is 3.06. The van der Waals surface area contributed by atoms with Gasteiger partial charge in [-0.05, 0) is 37.6 Å². The molecule has 1 aromatic carbocycles. The van der Waals surface area contributed by atoms with Crippen LogP contribution in [0.2, 0.25) is 0 Å². The standard InChI is InChI=1S/C12H17BrN2O/c1-3-12(2,8-14)11(16)15-10-6-4-9(13)5-7-10/h4-7H,3,8,14H2,1-2H3,(H,15,16). The van der Waals surface area contributed by atoms with Gasteiger partial charge in [0.25, 0.3) is 0 Å². The maximum absolute atomic E-state index is 12.0. The molecule has 0 aliphatic carbocycles. The normalized spacial score (nSPS) is 14.2. The van der Waals surface area contributed by atoms with E-state index in [0.717, 1.165) is 16.6 Å². The van der Waals surface area contributed by atoms with Crippen molar-refractivity contribution in [3.63, 3.8) is 0 Å². The molecule has 0 aliphatic heterocycles. The number of halogens is 1. The summed E-state index contributed by atoms with van der Waals surface area (Å²) in [5.41, 5.74) is 5.93. The van der Waals surface area contributed by atoms with E-state index in [1.165, 1.54) is 0 Å². The van der Waals surface area contributed by atoms with Gasteiger partial charge in [0.05, 0.1) is 5.41 Å². The Kier molecular flexibility index (Phi) is 4.50. The van der Waals surface area contributed by atoms with Crippen molar-refractivity contribution in [3.05, 3.63) is 28.7 Å². The van der Waals surface area contributed by atoms with Crippen molar-refractivity contribution in [2.24, 2.45) is 11.1 Å². The molecule has 16 heavy (non-hydrogen) atoms. The second kappa shape index (κ2) is 5.46. The molecule has 0 fully saturated rings. The Morgan fingerprint density at radius 2 is 2.00 bits per heavy atom.